The van der Waals surface area contributed by atoms with E-state index in [9.17, 15) is 5.26 Å². The summed E-state index contributed by atoms with van der Waals surface area (Å²) in [7, 11) is 0. The van der Waals surface area contributed by atoms with Gasteiger partial charge in [-0.2, -0.15) is 5.26 Å². The molecule has 4 rings (SSSR count). The van der Waals surface area contributed by atoms with E-state index >= 15 is 0 Å². The molecule has 1 aliphatic rings. The number of hydrogen-bond acceptors (Lipinski definition) is 3. The molecule has 0 amide bonds. The summed E-state index contributed by atoms with van der Waals surface area (Å²) in [6.07, 6.45) is 5.49. The Bertz CT molecular complexity index is 1000. The van der Waals surface area contributed by atoms with Gasteiger partial charge < -0.3 is 5.32 Å². The molecular weight excluding hydrogens is 410 g/mol. The van der Waals surface area contributed by atoms with Gasteiger partial charge in [0.2, 0.25) is 0 Å². The number of fused-ring (bicyclic) bond motifs is 1. The predicted octanol–water partition coefficient (Wildman–Crippen LogP) is 6.26. The van der Waals surface area contributed by atoms with Gasteiger partial charge in [0.05, 0.1) is 0 Å². The van der Waals surface area contributed by atoms with Gasteiger partial charge in [-0.15, -0.1) is 0 Å². The monoisotopic (exact) mass is 431 g/mol. The fourth-order valence-corrected chi connectivity index (χ4v) is 4.14. The van der Waals surface area contributed by atoms with Crippen LogP contribution in [0, 0.1) is 11.3 Å². The van der Waals surface area contributed by atoms with Gasteiger partial charge >= 0.3 is 0 Å². The summed E-state index contributed by atoms with van der Waals surface area (Å²) in [5.41, 5.74) is 6.36. The molecule has 0 radical (unpaired) electrons. The molecule has 1 N–H and O–H groups in total. The van der Waals surface area contributed by atoms with Crippen molar-refractivity contribution in [2.24, 2.45) is 0 Å². The van der Waals surface area contributed by atoms with Crippen LogP contribution in [0.4, 0.5) is 5.82 Å². The quantitative estimate of drug-likeness (QED) is 0.495. The van der Waals surface area contributed by atoms with E-state index in [1.165, 1.54) is 17.5 Å². The number of aryl methyl sites for hydroxylation is 1. The van der Waals surface area contributed by atoms with E-state index in [-0.39, 0.29) is 0 Å². The van der Waals surface area contributed by atoms with Crippen molar-refractivity contribution in [2.45, 2.75) is 38.6 Å². The summed E-state index contributed by atoms with van der Waals surface area (Å²) < 4.78 is 1.04. The van der Waals surface area contributed by atoms with Crippen molar-refractivity contribution in [3.63, 3.8) is 0 Å². The van der Waals surface area contributed by atoms with Crippen molar-refractivity contribution in [3.8, 4) is 17.2 Å². The number of hydrogen-bond donors (Lipinski definition) is 1. The Labute approximate surface area is 174 Å². The van der Waals surface area contributed by atoms with Crippen molar-refractivity contribution < 1.29 is 0 Å². The molecule has 0 saturated heterocycles. The SMILES string of the molecule is N#Cc1c(NCc2ccccc2)nc2c(c1-c1ccc(Br)cc1)CCCCC2. The molecular formula is C24H22BrN3. The van der Waals surface area contributed by atoms with E-state index in [1.807, 2.05) is 30.3 Å². The van der Waals surface area contributed by atoms with Crippen LogP contribution in [0.2, 0.25) is 0 Å². The first-order chi connectivity index (χ1) is 13.8. The number of nitriles is 1. The standard InChI is InChI=1S/C24H22BrN3/c25-19-13-11-18(12-14-19)23-20-9-5-2-6-10-22(20)28-24(21(23)15-26)27-16-17-7-3-1-4-8-17/h1,3-4,7-8,11-14H,2,5-6,9-10,16H2,(H,27,28). The van der Waals surface area contributed by atoms with Gasteiger partial charge in [0, 0.05) is 22.3 Å². The minimum atomic E-state index is 0.652. The number of nitrogens with zero attached hydrogens (tertiary/aromatic N) is 2. The fraction of sp³-hybridized carbons (Fsp3) is 0.250. The number of pyridine rings is 1. The zero-order chi connectivity index (χ0) is 19.3. The van der Waals surface area contributed by atoms with Crippen LogP contribution in [0.3, 0.4) is 0 Å². The predicted molar refractivity (Wildman–Crippen MR) is 117 cm³/mol. The molecule has 0 bridgehead atoms. The Morgan fingerprint density at radius 3 is 2.46 bits per heavy atom. The molecule has 0 spiro atoms. The third-order valence-electron chi connectivity index (χ3n) is 5.27. The number of benzene rings is 2. The average Bonchev–Trinajstić information content (AvgIpc) is 2.98. The summed E-state index contributed by atoms with van der Waals surface area (Å²) in [6.45, 7) is 0.654. The average molecular weight is 432 g/mol. The number of aromatic nitrogens is 1. The number of halogens is 1. The fourth-order valence-electron chi connectivity index (χ4n) is 3.87. The molecule has 1 heterocycles. The van der Waals surface area contributed by atoms with Crippen LogP contribution in [-0.2, 0) is 19.4 Å². The molecule has 1 aliphatic carbocycles. The van der Waals surface area contributed by atoms with E-state index in [0.717, 1.165) is 47.0 Å². The third kappa shape index (κ3) is 3.95. The van der Waals surface area contributed by atoms with Crippen LogP contribution in [0.5, 0.6) is 0 Å². The summed E-state index contributed by atoms with van der Waals surface area (Å²) in [5.74, 6) is 0.699. The Balaban J connectivity index is 1.82. The van der Waals surface area contributed by atoms with Crippen LogP contribution < -0.4 is 5.32 Å². The maximum absolute atomic E-state index is 10.0. The first-order valence-electron chi connectivity index (χ1n) is 9.76. The molecule has 28 heavy (non-hydrogen) atoms. The molecule has 0 aliphatic heterocycles. The zero-order valence-corrected chi connectivity index (χ0v) is 17.3. The highest BCUT2D eigenvalue weighted by atomic mass is 79.9. The molecule has 2 aromatic carbocycles. The molecule has 1 aromatic heterocycles. The molecule has 0 unspecified atom stereocenters. The van der Waals surface area contributed by atoms with Crippen molar-refractivity contribution >= 4 is 21.7 Å². The highest BCUT2D eigenvalue weighted by Gasteiger charge is 2.22. The lowest BCUT2D eigenvalue weighted by atomic mass is 9.91. The Morgan fingerprint density at radius 2 is 1.71 bits per heavy atom. The summed E-state index contributed by atoms with van der Waals surface area (Å²) in [4.78, 5) is 4.92. The molecule has 0 fully saturated rings. The van der Waals surface area contributed by atoms with E-state index < -0.39 is 0 Å². The lowest BCUT2D eigenvalue weighted by Crippen LogP contribution is -2.10. The number of anilines is 1. The van der Waals surface area contributed by atoms with Crippen molar-refractivity contribution in [3.05, 3.63) is 81.5 Å². The lowest BCUT2D eigenvalue weighted by molar-refractivity contribution is 0.709. The largest absolute Gasteiger partial charge is 0.365 e. The third-order valence-corrected chi connectivity index (χ3v) is 5.80. The first-order valence-corrected chi connectivity index (χ1v) is 10.5. The molecule has 3 aromatic rings. The van der Waals surface area contributed by atoms with E-state index in [2.05, 4.69) is 51.6 Å². The first kappa shape index (κ1) is 18.7. The normalized spacial score (nSPS) is 13.3. The smallest absolute Gasteiger partial charge is 0.145 e. The second-order valence-corrected chi connectivity index (χ2v) is 8.07. The van der Waals surface area contributed by atoms with Crippen molar-refractivity contribution in [1.82, 2.24) is 4.98 Å². The van der Waals surface area contributed by atoms with E-state index in [4.69, 9.17) is 4.98 Å². The van der Waals surface area contributed by atoms with Gasteiger partial charge in [-0.1, -0.05) is 64.8 Å². The van der Waals surface area contributed by atoms with E-state index in [1.54, 1.807) is 0 Å². The van der Waals surface area contributed by atoms with Crippen LogP contribution in [0.1, 0.15) is 41.6 Å². The lowest BCUT2D eigenvalue weighted by Gasteiger charge is -2.18. The van der Waals surface area contributed by atoms with Crippen LogP contribution in [-0.4, -0.2) is 4.98 Å². The minimum Gasteiger partial charge on any atom is -0.365 e. The molecule has 0 atom stereocenters. The van der Waals surface area contributed by atoms with Gasteiger partial charge in [0.25, 0.3) is 0 Å². The summed E-state index contributed by atoms with van der Waals surface area (Å²) in [5, 5.41) is 13.5. The maximum Gasteiger partial charge on any atom is 0.145 e. The van der Waals surface area contributed by atoms with E-state index in [0.29, 0.717) is 17.9 Å². The zero-order valence-electron chi connectivity index (χ0n) is 15.7. The number of rotatable bonds is 4. The van der Waals surface area contributed by atoms with Crippen LogP contribution in [0.15, 0.2) is 59.1 Å². The summed E-state index contributed by atoms with van der Waals surface area (Å²) in [6, 6.07) is 20.9. The van der Waals surface area contributed by atoms with Crippen LogP contribution >= 0.6 is 15.9 Å². The van der Waals surface area contributed by atoms with Crippen molar-refractivity contribution in [1.29, 1.82) is 5.26 Å². The van der Waals surface area contributed by atoms with Gasteiger partial charge in [0.15, 0.2) is 0 Å². The van der Waals surface area contributed by atoms with Crippen molar-refractivity contribution in [2.75, 3.05) is 5.32 Å². The van der Waals surface area contributed by atoms with Gasteiger partial charge in [-0.05, 0) is 54.5 Å². The Hall–Kier alpha value is -2.64. The van der Waals surface area contributed by atoms with Gasteiger partial charge in [0.1, 0.15) is 17.5 Å². The molecule has 4 heteroatoms. The summed E-state index contributed by atoms with van der Waals surface area (Å²) >= 11 is 3.52. The highest BCUT2D eigenvalue weighted by Crippen LogP contribution is 2.36. The maximum atomic E-state index is 10.0. The highest BCUT2D eigenvalue weighted by molar-refractivity contribution is 9.10. The second kappa shape index (κ2) is 8.58. The molecule has 3 nitrogen and oxygen atoms in total. The Morgan fingerprint density at radius 1 is 0.964 bits per heavy atom. The Kier molecular flexibility index (Phi) is 5.73. The molecule has 0 saturated carbocycles. The molecule has 140 valence electrons. The topological polar surface area (TPSA) is 48.7 Å². The van der Waals surface area contributed by atoms with Crippen LogP contribution in [0.25, 0.3) is 11.1 Å². The van der Waals surface area contributed by atoms with Gasteiger partial charge in [-0.25, -0.2) is 4.98 Å². The minimum absolute atomic E-state index is 0.652. The second-order valence-electron chi connectivity index (χ2n) is 7.15. The number of nitrogens with one attached hydrogen (secondary N) is 1. The van der Waals surface area contributed by atoms with Gasteiger partial charge in [-0.3, -0.25) is 0 Å².